The minimum Gasteiger partial charge on any atom is -0.507 e. The summed E-state index contributed by atoms with van der Waals surface area (Å²) in [5.41, 5.74) is 11.9. The maximum absolute atomic E-state index is 11.6. The van der Waals surface area contributed by atoms with Crippen LogP contribution in [0.1, 0.15) is 50.7 Å². The Morgan fingerprint density at radius 3 is 2.12 bits per heavy atom. The molecular formula is C49H40BN6OPt-. The first-order valence-corrected chi connectivity index (χ1v) is 19.6. The van der Waals surface area contributed by atoms with Crippen molar-refractivity contribution in [3.63, 3.8) is 0 Å². The van der Waals surface area contributed by atoms with Gasteiger partial charge < -0.3 is 19.8 Å². The first-order chi connectivity index (χ1) is 27.9. The Labute approximate surface area is 354 Å². The third-order valence-corrected chi connectivity index (χ3v) is 11.1. The molecule has 1 N–H and O–H groups in total. The Kier molecular flexibility index (Phi) is 9.61. The number of amidine groups is 1. The molecule has 0 fully saturated rings. The van der Waals surface area contributed by atoms with E-state index in [0.29, 0.717) is 11.4 Å². The van der Waals surface area contributed by atoms with E-state index in [0.717, 1.165) is 56.9 Å². The zero-order valence-corrected chi connectivity index (χ0v) is 34.9. The van der Waals surface area contributed by atoms with Crippen LogP contribution in [-0.4, -0.2) is 37.1 Å². The van der Waals surface area contributed by atoms with Gasteiger partial charge in [-0.15, -0.1) is 29.2 Å². The number of phenols is 1. The van der Waals surface area contributed by atoms with Crippen LogP contribution in [0, 0.1) is 6.07 Å². The molecule has 286 valence electrons. The van der Waals surface area contributed by atoms with E-state index < -0.39 is 0 Å². The molecule has 0 spiro atoms. The van der Waals surface area contributed by atoms with Gasteiger partial charge in [0.1, 0.15) is 17.4 Å². The molecule has 10 rings (SSSR count). The number of hydrogen-bond acceptors (Lipinski definition) is 6. The first-order valence-electron chi connectivity index (χ1n) is 19.6. The van der Waals surface area contributed by atoms with Crippen LogP contribution in [0.25, 0.3) is 39.5 Å². The number of imidazole rings is 1. The van der Waals surface area contributed by atoms with Crippen molar-refractivity contribution in [3.05, 3.63) is 175 Å². The fourth-order valence-electron chi connectivity index (χ4n) is 8.47. The molecule has 58 heavy (non-hydrogen) atoms. The third kappa shape index (κ3) is 6.06. The quantitative estimate of drug-likeness (QED) is 0.127. The number of phenolic OH excluding ortho intramolecular Hbond substituents is 1. The Morgan fingerprint density at radius 2 is 1.43 bits per heavy atom. The average Bonchev–Trinajstić information content (AvgIpc) is 3.62. The predicted octanol–water partition coefficient (Wildman–Crippen LogP) is 10.0. The van der Waals surface area contributed by atoms with E-state index in [1.165, 1.54) is 22.3 Å². The van der Waals surface area contributed by atoms with Crippen molar-refractivity contribution in [1.82, 2.24) is 19.3 Å². The van der Waals surface area contributed by atoms with Crippen LogP contribution in [-0.2, 0) is 21.1 Å². The molecule has 3 aliphatic heterocycles. The Hall–Kier alpha value is -6.24. The second kappa shape index (κ2) is 14.9. The number of fused-ring (bicyclic) bond motifs is 4. The number of allylic oxidation sites excluding steroid dienone is 2. The number of pyridine rings is 1. The van der Waals surface area contributed by atoms with Crippen LogP contribution in [0.15, 0.2) is 163 Å². The monoisotopic (exact) mass is 934 g/mol. The van der Waals surface area contributed by atoms with Crippen molar-refractivity contribution in [1.29, 1.82) is 0 Å². The standard InChI is InChI=1S/C49H40BN6O.Pt/c1-31(2)38-28-35(33-16-7-5-8-17-33)29-39(32(3)4)46(38)55-48(37-20-11-12-22-43(37)57)53-47-49(55)52-44-23-15-24-45-54(36-18-9-6-10-19-36)42-26-25-34(41-21-13-14-27-51-41)30-40(42)50(47)56(44)45;/h5-29,31-32,57H,1-4H3;/q-1;. The van der Waals surface area contributed by atoms with E-state index in [1.54, 1.807) is 6.07 Å². The molecule has 0 atom stereocenters. The molecule has 0 saturated heterocycles. The van der Waals surface area contributed by atoms with Crippen molar-refractivity contribution in [3.8, 4) is 45.2 Å². The molecule has 3 aliphatic rings. The van der Waals surface area contributed by atoms with E-state index in [4.69, 9.17) is 15.0 Å². The van der Waals surface area contributed by atoms with Crippen molar-refractivity contribution in [2.45, 2.75) is 39.5 Å². The summed E-state index contributed by atoms with van der Waals surface area (Å²) in [7, 11) is 0. The fourth-order valence-corrected chi connectivity index (χ4v) is 8.47. The van der Waals surface area contributed by atoms with Gasteiger partial charge in [-0.2, -0.15) is 0 Å². The number of hydrogen-bond donors (Lipinski definition) is 1. The van der Waals surface area contributed by atoms with Gasteiger partial charge in [-0.05, 0) is 100 Å². The molecule has 0 saturated carbocycles. The van der Waals surface area contributed by atoms with Crippen LogP contribution in [0.3, 0.4) is 0 Å². The Morgan fingerprint density at radius 1 is 0.741 bits per heavy atom. The maximum Gasteiger partial charge on any atom is 0.339 e. The van der Waals surface area contributed by atoms with Gasteiger partial charge in [-0.25, -0.2) is 9.98 Å². The summed E-state index contributed by atoms with van der Waals surface area (Å²) in [6, 6.07) is 47.3. The fraction of sp³-hybridized carbons (Fsp3) is 0.122. The molecular weight excluding hydrogens is 894 g/mol. The molecule has 5 aromatic carbocycles. The smallest absolute Gasteiger partial charge is 0.339 e. The van der Waals surface area contributed by atoms with Crippen LogP contribution < -0.4 is 16.0 Å². The third-order valence-electron chi connectivity index (χ3n) is 11.1. The number of benzene rings is 5. The number of aromatic hydroxyl groups is 1. The normalized spacial score (nSPS) is 13.8. The molecule has 7 aromatic rings. The largest absolute Gasteiger partial charge is 0.507 e. The second-order valence-electron chi connectivity index (χ2n) is 15.4. The molecule has 0 radical (unpaired) electrons. The molecule has 5 heterocycles. The van der Waals surface area contributed by atoms with Gasteiger partial charge in [0.25, 0.3) is 0 Å². The van der Waals surface area contributed by atoms with E-state index in [2.05, 4.69) is 145 Å². The summed E-state index contributed by atoms with van der Waals surface area (Å²) in [5, 5.41) is 11.6. The van der Waals surface area contributed by atoms with Gasteiger partial charge in [0.05, 0.1) is 22.7 Å². The first kappa shape index (κ1) is 37.3. The Bertz CT molecular complexity index is 2750. The van der Waals surface area contributed by atoms with Gasteiger partial charge in [-0.1, -0.05) is 107 Å². The summed E-state index contributed by atoms with van der Waals surface area (Å²) in [6.07, 6.45) is 8.13. The summed E-state index contributed by atoms with van der Waals surface area (Å²) in [4.78, 5) is 20.4. The minimum atomic E-state index is -0.387. The summed E-state index contributed by atoms with van der Waals surface area (Å²) < 4.78 is 2.23. The van der Waals surface area contributed by atoms with Gasteiger partial charge in [0, 0.05) is 32.9 Å². The zero-order chi connectivity index (χ0) is 38.8. The summed E-state index contributed by atoms with van der Waals surface area (Å²) >= 11 is 0. The van der Waals surface area contributed by atoms with Gasteiger partial charge >= 0.3 is 6.85 Å². The van der Waals surface area contributed by atoms with Gasteiger partial charge in [0.2, 0.25) is 0 Å². The van der Waals surface area contributed by atoms with Crippen molar-refractivity contribution < 1.29 is 26.2 Å². The molecule has 2 aromatic heterocycles. The maximum atomic E-state index is 11.6. The second-order valence-corrected chi connectivity index (χ2v) is 15.4. The Balaban J connectivity index is 0.00000436. The minimum absolute atomic E-state index is 0. The zero-order valence-electron chi connectivity index (χ0n) is 32.6. The van der Waals surface area contributed by atoms with E-state index in [1.807, 2.05) is 48.7 Å². The predicted molar refractivity (Wildman–Crippen MR) is 233 cm³/mol. The number of anilines is 2. The van der Waals surface area contributed by atoms with Crippen molar-refractivity contribution in [2.75, 3.05) is 4.90 Å². The SMILES string of the molecule is CC(C)c1cc(-c2ccccc2)cc(C(C)C)c1-n1c(-c2ccccc2O)nc2c1N=C1C=CC=C3N1B2c1[c-]c(-c2ccccn2)ccc1N3c1ccccc1.[Pt]. The number of para-hydroxylation sites is 2. The van der Waals surface area contributed by atoms with Gasteiger partial charge in [-0.3, -0.25) is 4.57 Å². The van der Waals surface area contributed by atoms with E-state index in [9.17, 15) is 5.11 Å². The molecule has 7 nitrogen and oxygen atoms in total. The average molecular weight is 935 g/mol. The topological polar surface area (TPSA) is 69.8 Å². The van der Waals surface area contributed by atoms with Crippen molar-refractivity contribution >= 4 is 40.9 Å². The molecule has 0 amide bonds. The van der Waals surface area contributed by atoms with Crippen LogP contribution in [0.5, 0.6) is 5.75 Å². The molecule has 0 bridgehead atoms. The van der Waals surface area contributed by atoms with E-state index >= 15 is 0 Å². The number of nitrogens with zero attached hydrogens (tertiary/aromatic N) is 6. The van der Waals surface area contributed by atoms with Crippen LogP contribution >= 0.6 is 0 Å². The number of aliphatic imine (C=N–C) groups is 1. The summed E-state index contributed by atoms with van der Waals surface area (Å²) in [5.74, 6) is 3.64. The van der Waals surface area contributed by atoms with Gasteiger partial charge in [0.15, 0.2) is 5.82 Å². The summed E-state index contributed by atoms with van der Waals surface area (Å²) in [6.45, 7) is 8.61. The molecule has 0 unspecified atom stereocenters. The van der Waals surface area contributed by atoms with Crippen LogP contribution in [0.2, 0.25) is 0 Å². The van der Waals surface area contributed by atoms with Crippen molar-refractivity contribution in [2.24, 2.45) is 4.99 Å². The number of rotatable bonds is 7. The molecule has 9 heteroatoms. The van der Waals surface area contributed by atoms with Crippen LogP contribution in [0.4, 0.5) is 17.2 Å². The molecule has 0 aliphatic carbocycles. The van der Waals surface area contributed by atoms with E-state index in [-0.39, 0.29) is 45.5 Å². The number of aromatic nitrogens is 3.